The molecule has 0 fully saturated rings. The quantitative estimate of drug-likeness (QED) is 0.162. The van der Waals surface area contributed by atoms with Gasteiger partial charge in [-0.1, -0.05) is 452 Å². The van der Waals surface area contributed by atoms with E-state index in [2.05, 4.69) is 513 Å². The van der Waals surface area contributed by atoms with Crippen molar-refractivity contribution in [3.05, 3.63) is 434 Å². The Labute approximate surface area is 834 Å². The van der Waals surface area contributed by atoms with Crippen molar-refractivity contribution in [3.63, 3.8) is 0 Å². The van der Waals surface area contributed by atoms with Crippen molar-refractivity contribution in [3.8, 4) is 66.8 Å². The maximum absolute atomic E-state index is 6.16. The van der Waals surface area contributed by atoms with Gasteiger partial charge in [-0.25, -0.2) is 0 Å². The van der Waals surface area contributed by atoms with Crippen LogP contribution in [-0.2, 0) is 32.5 Å². The summed E-state index contributed by atoms with van der Waals surface area (Å²) in [4.78, 5) is 0. The Kier molecular flexibility index (Phi) is 26.1. The van der Waals surface area contributed by atoms with Gasteiger partial charge < -0.3 is 4.42 Å². The van der Waals surface area contributed by atoms with E-state index in [4.69, 9.17) is 4.42 Å². The molecule has 0 N–H and O–H groups in total. The first kappa shape index (κ1) is 93.9. The molecule has 0 amide bonds. The molecule has 138 heavy (non-hydrogen) atoms. The molecule has 18 aromatic carbocycles. The summed E-state index contributed by atoms with van der Waals surface area (Å²) in [7, 11) is 0. The molecular weight excluding hydrogens is 1760 g/mol. The average Bonchev–Trinajstić information content (AvgIpc) is 1.46. The number of para-hydroxylation sites is 2. The maximum Gasteiger partial charge on any atom is 0.143 e. The molecule has 0 unspecified atom stereocenters. The molecule has 6 aromatic heterocycles. The smallest absolute Gasteiger partial charge is 0.143 e. The summed E-state index contributed by atoms with van der Waals surface area (Å²) < 4.78 is 19.8. The van der Waals surface area contributed by atoms with Crippen LogP contribution in [0.1, 0.15) is 158 Å². The molecule has 0 spiro atoms. The first-order valence-electron chi connectivity index (χ1n) is 48.3. The van der Waals surface area contributed by atoms with Gasteiger partial charge in [0.1, 0.15) is 11.2 Å². The fourth-order valence-electron chi connectivity index (χ4n) is 18.5. The van der Waals surface area contributed by atoms with Crippen molar-refractivity contribution >= 4 is 179 Å². The molecular formula is C132H120OS5. The van der Waals surface area contributed by atoms with E-state index in [1.165, 1.54) is 206 Å². The zero-order chi connectivity index (χ0) is 96.2. The van der Waals surface area contributed by atoms with E-state index in [1.54, 1.807) is 0 Å². The normalized spacial score (nSPS) is 12.1. The molecule has 6 heteroatoms. The summed E-state index contributed by atoms with van der Waals surface area (Å²) >= 11 is 9.40. The van der Waals surface area contributed by atoms with Crippen molar-refractivity contribution in [2.45, 2.75) is 157 Å². The van der Waals surface area contributed by atoms with Crippen molar-refractivity contribution in [2.75, 3.05) is 0 Å². The van der Waals surface area contributed by atoms with E-state index in [-0.39, 0.29) is 32.5 Å². The van der Waals surface area contributed by atoms with Crippen LogP contribution in [0.3, 0.4) is 0 Å². The third-order valence-electron chi connectivity index (χ3n) is 26.7. The second-order valence-electron chi connectivity index (χ2n) is 42.8. The van der Waals surface area contributed by atoms with Gasteiger partial charge in [-0.15, -0.1) is 56.7 Å². The third-order valence-corrected chi connectivity index (χ3v) is 32.5. The van der Waals surface area contributed by atoms with E-state index in [0.717, 1.165) is 16.7 Å². The third kappa shape index (κ3) is 20.2. The minimum absolute atomic E-state index is 0.137. The number of hydrogen-bond acceptors (Lipinski definition) is 6. The summed E-state index contributed by atoms with van der Waals surface area (Å²) in [6.45, 7) is 40.6. The predicted octanol–water partition coefficient (Wildman–Crippen LogP) is 41.6. The van der Waals surface area contributed by atoms with Crippen molar-refractivity contribution in [2.24, 2.45) is 0 Å². The molecule has 0 bridgehead atoms. The first-order valence-corrected chi connectivity index (χ1v) is 52.4. The van der Waals surface area contributed by atoms with Gasteiger partial charge in [0.05, 0.1) is 0 Å². The van der Waals surface area contributed by atoms with Crippen LogP contribution < -0.4 is 0 Å². The lowest BCUT2D eigenvalue weighted by Crippen LogP contribution is -2.10. The van der Waals surface area contributed by atoms with E-state index >= 15 is 0 Å². The Hall–Kier alpha value is -13.1. The standard InChI is InChI=1S/C22H20O.5C22H20S/c1-22(2,3)16-9-6-8-15(14-16)17-11-7-12-19-18-10-4-5-13-20(18)23-21(17)19;1-22(2,3)17-8-6-7-15(13-17)16-11-12-21-19(14-16)18-9-4-5-10-20(18)23-21;1-22(2,3)17-8-6-7-15(13-17)16-11-12-19-18-9-4-5-10-20(18)23-21(19)14-16;1-22(2,3)16-13-11-15(12-14-16)17-8-6-9-19-18-7-4-5-10-20(18)23-21(17)19;1-22(2,3)17-11-8-15(9-12-17)16-10-13-21-19(14-16)18-6-4-5-7-20(18)23-21;1-22(2,3)17-11-8-15(9-12-17)16-10-13-19-18-6-4-5-7-20(18)23-21(19)14-16/h6*4-14H,1-3H3. The second kappa shape index (κ2) is 38.3. The number of thiophene rings is 5. The molecule has 0 atom stereocenters. The van der Waals surface area contributed by atoms with Crippen LogP contribution in [0.4, 0.5) is 0 Å². The molecule has 0 radical (unpaired) electrons. The molecule has 0 saturated heterocycles. The van der Waals surface area contributed by atoms with Crippen molar-refractivity contribution in [1.29, 1.82) is 0 Å². The fraction of sp³-hybridized carbons (Fsp3) is 0.182. The molecule has 0 aliphatic carbocycles. The molecule has 684 valence electrons. The Bertz CT molecular complexity index is 8510. The highest BCUT2D eigenvalue weighted by Crippen LogP contribution is 2.46. The van der Waals surface area contributed by atoms with E-state index < -0.39 is 0 Å². The average molecular weight is 1880 g/mol. The molecule has 24 rings (SSSR count). The number of fused-ring (bicyclic) bond motifs is 18. The molecule has 6 heterocycles. The van der Waals surface area contributed by atoms with Crippen LogP contribution in [0.2, 0.25) is 0 Å². The van der Waals surface area contributed by atoms with Gasteiger partial charge in [-0.3, -0.25) is 0 Å². The van der Waals surface area contributed by atoms with Crippen molar-refractivity contribution in [1.82, 2.24) is 0 Å². The molecule has 1 nitrogen and oxygen atoms in total. The van der Waals surface area contributed by atoms with E-state index in [0.29, 0.717) is 0 Å². The lowest BCUT2D eigenvalue weighted by molar-refractivity contribution is 0.590. The molecule has 0 aliphatic rings. The van der Waals surface area contributed by atoms with Gasteiger partial charge in [0.2, 0.25) is 0 Å². The largest absolute Gasteiger partial charge is 0.455 e. The molecule has 0 aliphatic heterocycles. The Morgan fingerprint density at radius 3 is 0.841 bits per heavy atom. The van der Waals surface area contributed by atoms with Gasteiger partial charge in [0.25, 0.3) is 0 Å². The highest BCUT2D eigenvalue weighted by molar-refractivity contribution is 7.27. The van der Waals surface area contributed by atoms with E-state index in [9.17, 15) is 0 Å². The zero-order valence-electron chi connectivity index (χ0n) is 82.6. The topological polar surface area (TPSA) is 13.1 Å². The summed E-state index contributed by atoms with van der Waals surface area (Å²) in [5, 5.41) is 16.0. The number of benzene rings is 18. The SMILES string of the molecule is CC(C)(C)c1ccc(-c2ccc3c(c2)sc2ccccc23)cc1.CC(C)(C)c1ccc(-c2ccc3sc4ccccc4c3c2)cc1.CC(C)(C)c1ccc(-c2cccc3c2sc2ccccc23)cc1.CC(C)(C)c1cccc(-c2ccc3c(c2)sc2ccccc23)c1.CC(C)(C)c1cccc(-c2ccc3sc4ccccc4c3c2)c1.CC(C)(C)c1cccc(-c2cccc3c2oc2ccccc23)c1. The summed E-state index contributed by atoms with van der Waals surface area (Å²) in [5.74, 6) is 0. The van der Waals surface area contributed by atoms with Crippen LogP contribution in [0.15, 0.2) is 405 Å². The lowest BCUT2D eigenvalue weighted by Gasteiger charge is -2.19. The van der Waals surface area contributed by atoms with Gasteiger partial charge in [0, 0.05) is 117 Å². The number of hydrogen-bond donors (Lipinski definition) is 0. The zero-order valence-corrected chi connectivity index (χ0v) is 86.6. The summed E-state index contributed by atoms with van der Waals surface area (Å²) in [6, 6.07) is 146. The van der Waals surface area contributed by atoms with Crippen LogP contribution >= 0.6 is 56.7 Å². The van der Waals surface area contributed by atoms with Crippen LogP contribution in [0.25, 0.3) is 190 Å². The van der Waals surface area contributed by atoms with Gasteiger partial charge in [0.15, 0.2) is 0 Å². The van der Waals surface area contributed by atoms with E-state index in [1.807, 2.05) is 68.8 Å². The van der Waals surface area contributed by atoms with Gasteiger partial charge >= 0.3 is 0 Å². The molecule has 24 aromatic rings. The summed E-state index contributed by atoms with van der Waals surface area (Å²) in [6.07, 6.45) is 0. The minimum atomic E-state index is 0.137. The summed E-state index contributed by atoms with van der Waals surface area (Å²) in [5.41, 5.74) is 26.6. The Balaban J connectivity index is 0.000000106. The minimum Gasteiger partial charge on any atom is -0.455 e. The van der Waals surface area contributed by atoms with Gasteiger partial charge in [-0.05, 0) is 200 Å². The van der Waals surface area contributed by atoms with Crippen LogP contribution in [0.5, 0.6) is 0 Å². The number of furan rings is 1. The van der Waals surface area contributed by atoms with Crippen LogP contribution in [0, 0.1) is 0 Å². The maximum atomic E-state index is 6.16. The Morgan fingerprint density at radius 1 is 0.152 bits per heavy atom. The van der Waals surface area contributed by atoms with Gasteiger partial charge in [-0.2, -0.15) is 0 Å². The predicted molar refractivity (Wildman–Crippen MR) is 615 cm³/mol. The molecule has 0 saturated carbocycles. The fourth-order valence-corrected chi connectivity index (χ4v) is 24.2. The monoisotopic (exact) mass is 1880 g/mol. The Morgan fingerprint density at radius 2 is 0.420 bits per heavy atom. The lowest BCUT2D eigenvalue weighted by atomic mass is 9.85. The van der Waals surface area contributed by atoms with Crippen molar-refractivity contribution < 1.29 is 4.42 Å². The first-order chi connectivity index (χ1) is 66.2. The highest BCUT2D eigenvalue weighted by Gasteiger charge is 2.23. The number of rotatable bonds is 6. The highest BCUT2D eigenvalue weighted by atomic mass is 32.1. The second-order valence-corrected chi connectivity index (χ2v) is 48.2. The van der Waals surface area contributed by atoms with Crippen LogP contribution in [-0.4, -0.2) is 0 Å².